The normalized spacial score (nSPS) is 9.29. The molecule has 182 valence electrons. The van der Waals surface area contributed by atoms with Gasteiger partial charge in [0.15, 0.2) is 5.76 Å². The van der Waals surface area contributed by atoms with Crippen molar-refractivity contribution in [2.75, 3.05) is 0 Å². The van der Waals surface area contributed by atoms with Crippen molar-refractivity contribution in [1.29, 1.82) is 0 Å². The number of Topliss-reactive ketones (excluding diaryl/α,β-unsaturated/α-hetero) is 3. The van der Waals surface area contributed by atoms with Crippen molar-refractivity contribution >= 4 is 17.3 Å². The van der Waals surface area contributed by atoms with Gasteiger partial charge in [-0.05, 0) is 56.6 Å². The third kappa shape index (κ3) is 14.1. The Morgan fingerprint density at radius 2 is 1.46 bits per heavy atom. The number of carbonyl (C=O) groups excluding carboxylic acids is 3. The first-order chi connectivity index (χ1) is 17.0. The number of ketones is 3. The van der Waals surface area contributed by atoms with Crippen LogP contribution in [-0.4, -0.2) is 17.3 Å². The molecule has 2 rings (SSSR count). The van der Waals surface area contributed by atoms with E-state index in [4.69, 9.17) is 10.8 Å². The van der Waals surface area contributed by atoms with Gasteiger partial charge in [-0.1, -0.05) is 80.2 Å². The topological polar surface area (TPSA) is 64.3 Å². The Hall–Kier alpha value is -3.81. The minimum atomic E-state index is -0.252. The molecule has 0 aliphatic carbocycles. The zero-order chi connectivity index (χ0) is 25.7. The van der Waals surface area contributed by atoms with E-state index in [9.17, 15) is 14.4 Å². The molecule has 2 aromatic rings. The molecule has 4 heteroatoms. The van der Waals surface area contributed by atoms with E-state index >= 15 is 0 Å². The van der Waals surface area contributed by atoms with Gasteiger partial charge < -0.3 is 4.42 Å². The van der Waals surface area contributed by atoms with Crippen LogP contribution in [0.4, 0.5) is 0 Å². The number of rotatable bonds is 12. The van der Waals surface area contributed by atoms with Crippen LogP contribution in [0.3, 0.4) is 0 Å². The van der Waals surface area contributed by atoms with Crippen LogP contribution in [0.2, 0.25) is 0 Å². The molecule has 0 spiro atoms. The summed E-state index contributed by atoms with van der Waals surface area (Å²) in [7, 11) is 0. The zero-order valence-corrected chi connectivity index (χ0v) is 20.8. The standard InChI is InChI=1S/C20H24O3.C11H10O/c1-2-18(21)14-11-9-7-5-3-4-6-8-10-12-15-19(22)20-16-13-17-23-20;1-3-4-11(12)10-7-5-9(2)6-8-10/h1,13,16-17H,3-11,14H2;5-8H,1-2H3. The third-order valence-electron chi connectivity index (χ3n) is 5.12. The monoisotopic (exact) mass is 470 g/mol. The van der Waals surface area contributed by atoms with Crippen LogP contribution in [0.1, 0.15) is 97.6 Å². The van der Waals surface area contributed by atoms with E-state index in [0.29, 0.717) is 17.7 Å². The van der Waals surface area contributed by atoms with E-state index in [1.54, 1.807) is 31.2 Å². The summed E-state index contributed by atoms with van der Waals surface area (Å²) < 4.78 is 4.98. The van der Waals surface area contributed by atoms with Gasteiger partial charge in [0, 0.05) is 18.4 Å². The molecule has 0 saturated carbocycles. The lowest BCUT2D eigenvalue weighted by Crippen LogP contribution is -1.93. The average Bonchev–Trinajstić information content (AvgIpc) is 3.40. The lowest BCUT2D eigenvalue weighted by Gasteiger charge is -2.00. The maximum absolute atomic E-state index is 11.5. The first kappa shape index (κ1) is 29.2. The predicted octanol–water partition coefficient (Wildman–Crippen LogP) is 6.77. The number of benzene rings is 1. The number of hydrogen-bond acceptors (Lipinski definition) is 4. The minimum absolute atomic E-state index is 0.0864. The molecule has 0 N–H and O–H groups in total. The Labute approximate surface area is 209 Å². The summed E-state index contributed by atoms with van der Waals surface area (Å²) >= 11 is 0. The number of aryl methyl sites for hydroxylation is 1. The van der Waals surface area contributed by atoms with E-state index in [0.717, 1.165) is 44.1 Å². The number of unbranched alkanes of at least 4 members (excludes halogenated alkanes) is 8. The molecule has 1 heterocycles. The molecule has 4 nitrogen and oxygen atoms in total. The molecule has 0 unspecified atom stereocenters. The van der Waals surface area contributed by atoms with Crippen LogP contribution in [-0.2, 0) is 4.79 Å². The van der Waals surface area contributed by atoms with Gasteiger partial charge in [0.05, 0.1) is 6.26 Å². The number of furan rings is 1. The van der Waals surface area contributed by atoms with Crippen LogP contribution in [0.5, 0.6) is 0 Å². The van der Waals surface area contributed by atoms with Crippen molar-refractivity contribution in [3.8, 4) is 36.0 Å². The van der Waals surface area contributed by atoms with Gasteiger partial charge >= 0.3 is 0 Å². The van der Waals surface area contributed by atoms with Crippen molar-refractivity contribution in [1.82, 2.24) is 0 Å². The van der Waals surface area contributed by atoms with Gasteiger partial charge in [0.1, 0.15) is 0 Å². The molecule has 0 atom stereocenters. The van der Waals surface area contributed by atoms with Crippen LogP contribution in [0.25, 0.3) is 0 Å². The van der Waals surface area contributed by atoms with Gasteiger partial charge in [-0.15, -0.1) is 6.42 Å². The van der Waals surface area contributed by atoms with Crippen molar-refractivity contribution in [2.45, 2.75) is 78.1 Å². The van der Waals surface area contributed by atoms with Crippen molar-refractivity contribution < 1.29 is 18.8 Å². The summed E-state index contributed by atoms with van der Waals surface area (Å²) in [4.78, 5) is 33.6. The zero-order valence-electron chi connectivity index (χ0n) is 20.8. The summed E-state index contributed by atoms with van der Waals surface area (Å²) in [5.41, 5.74) is 1.81. The fourth-order valence-corrected chi connectivity index (χ4v) is 3.13. The molecule has 0 radical (unpaired) electrons. The Morgan fingerprint density at radius 3 is 2.03 bits per heavy atom. The van der Waals surface area contributed by atoms with Crippen molar-refractivity contribution in [2.24, 2.45) is 0 Å². The highest BCUT2D eigenvalue weighted by atomic mass is 16.3. The Bertz CT molecular complexity index is 1080. The molecular formula is C31H34O4. The summed E-state index contributed by atoms with van der Waals surface area (Å²) in [5.74, 6) is 12.6. The summed E-state index contributed by atoms with van der Waals surface area (Å²) in [6, 6.07) is 10.7. The lowest BCUT2D eigenvalue weighted by atomic mass is 10.1. The second-order valence-corrected chi connectivity index (χ2v) is 8.07. The maximum atomic E-state index is 11.5. The molecule has 0 saturated heterocycles. The molecule has 0 aliphatic heterocycles. The fraction of sp³-hybridized carbons (Fsp3) is 0.387. The Balaban J connectivity index is 0.000000427. The molecule has 0 bridgehead atoms. The van der Waals surface area contributed by atoms with Crippen LogP contribution < -0.4 is 0 Å². The molecule has 0 aliphatic rings. The molecular weight excluding hydrogens is 436 g/mol. The molecule has 0 fully saturated rings. The van der Waals surface area contributed by atoms with Crippen molar-refractivity contribution in [3.05, 3.63) is 59.5 Å². The Kier molecular flexibility index (Phi) is 15.5. The highest BCUT2D eigenvalue weighted by Crippen LogP contribution is 2.10. The van der Waals surface area contributed by atoms with Gasteiger partial charge in [0.2, 0.25) is 11.6 Å². The van der Waals surface area contributed by atoms with Crippen LogP contribution in [0.15, 0.2) is 47.1 Å². The van der Waals surface area contributed by atoms with E-state index in [2.05, 4.69) is 29.6 Å². The smallest absolute Gasteiger partial charge is 0.271 e. The highest BCUT2D eigenvalue weighted by molar-refractivity contribution is 6.09. The number of hydrogen-bond donors (Lipinski definition) is 0. The minimum Gasteiger partial charge on any atom is -0.460 e. The fourth-order valence-electron chi connectivity index (χ4n) is 3.13. The van der Waals surface area contributed by atoms with Gasteiger partial charge in [-0.25, -0.2) is 0 Å². The summed E-state index contributed by atoms with van der Waals surface area (Å²) in [5, 5.41) is 0. The molecule has 35 heavy (non-hydrogen) atoms. The third-order valence-corrected chi connectivity index (χ3v) is 5.12. The van der Waals surface area contributed by atoms with E-state index < -0.39 is 0 Å². The number of terminal acetylenes is 1. The number of carbonyl (C=O) groups is 3. The quantitative estimate of drug-likeness (QED) is 0.149. The van der Waals surface area contributed by atoms with Gasteiger partial charge in [-0.3, -0.25) is 14.4 Å². The van der Waals surface area contributed by atoms with Gasteiger partial charge in [0.25, 0.3) is 5.78 Å². The molecule has 1 aromatic carbocycles. The van der Waals surface area contributed by atoms with Crippen LogP contribution >= 0.6 is 0 Å². The highest BCUT2D eigenvalue weighted by Gasteiger charge is 2.03. The first-order valence-electron chi connectivity index (χ1n) is 12.1. The summed E-state index contributed by atoms with van der Waals surface area (Å²) in [6.07, 6.45) is 16.7. The van der Waals surface area contributed by atoms with E-state index in [1.807, 2.05) is 19.1 Å². The molecule has 0 amide bonds. The second kappa shape index (κ2) is 18.6. The van der Waals surface area contributed by atoms with Crippen LogP contribution in [0, 0.1) is 42.9 Å². The first-order valence-corrected chi connectivity index (χ1v) is 12.1. The predicted molar refractivity (Wildman–Crippen MR) is 140 cm³/mol. The van der Waals surface area contributed by atoms with E-state index in [-0.39, 0.29) is 17.3 Å². The van der Waals surface area contributed by atoms with Crippen molar-refractivity contribution in [3.63, 3.8) is 0 Å². The Morgan fingerprint density at radius 1 is 0.829 bits per heavy atom. The van der Waals surface area contributed by atoms with E-state index in [1.165, 1.54) is 25.5 Å². The largest absolute Gasteiger partial charge is 0.460 e. The molecule has 1 aromatic heterocycles. The second-order valence-electron chi connectivity index (χ2n) is 8.07. The lowest BCUT2D eigenvalue weighted by molar-refractivity contribution is -0.113. The SMILES string of the molecule is C#CC(=O)CCCCCCCCCCC#CC(=O)c1ccco1.CC#CC(=O)c1ccc(C)cc1. The van der Waals surface area contributed by atoms with Gasteiger partial charge in [-0.2, -0.15) is 0 Å². The average molecular weight is 471 g/mol. The summed E-state index contributed by atoms with van der Waals surface area (Å²) in [6.45, 7) is 3.64. The maximum Gasteiger partial charge on any atom is 0.271 e.